The quantitative estimate of drug-likeness (QED) is 0.272. The highest BCUT2D eigenvalue weighted by Gasteiger charge is 2.10. The lowest BCUT2D eigenvalue weighted by Gasteiger charge is -2.07. The molecule has 0 heterocycles. The Labute approximate surface area is 165 Å². The smallest absolute Gasteiger partial charge is 0.306 e. The van der Waals surface area contributed by atoms with Crippen LogP contribution in [0, 0.1) is 0 Å². The van der Waals surface area contributed by atoms with Crippen LogP contribution in [-0.4, -0.2) is 18.5 Å². The van der Waals surface area contributed by atoms with E-state index in [1.165, 1.54) is 38.5 Å². The Balaban J connectivity index is 1.99. The lowest BCUT2D eigenvalue weighted by molar-refractivity contribution is -0.151. The molecule has 0 fully saturated rings. The van der Waals surface area contributed by atoms with Gasteiger partial charge in [-0.25, -0.2) is 0 Å². The molecule has 0 aromatic heterocycles. The predicted molar refractivity (Wildman–Crippen MR) is 107 cm³/mol. The second kappa shape index (κ2) is 14.8. The summed E-state index contributed by atoms with van der Waals surface area (Å²) in [5.41, 5.74) is 0.901. The number of esters is 2. The topological polar surface area (TPSA) is 52.6 Å². The van der Waals surface area contributed by atoms with Crippen LogP contribution in [0.15, 0.2) is 28.7 Å². The number of rotatable bonds is 14. The molecule has 4 nitrogen and oxygen atoms in total. The third-order valence-corrected chi connectivity index (χ3v) is 4.91. The highest BCUT2D eigenvalue weighted by atomic mass is 79.9. The molecule has 0 N–H and O–H groups in total. The maximum atomic E-state index is 11.7. The van der Waals surface area contributed by atoms with Gasteiger partial charge in [0.2, 0.25) is 0 Å². The molecule has 0 bridgehead atoms. The molecule has 0 spiro atoms. The van der Waals surface area contributed by atoms with Crippen molar-refractivity contribution in [2.75, 3.05) is 6.61 Å². The first-order valence-corrected chi connectivity index (χ1v) is 10.5. The van der Waals surface area contributed by atoms with E-state index in [2.05, 4.69) is 22.9 Å². The minimum atomic E-state index is -0.384. The molecule has 0 saturated carbocycles. The van der Waals surface area contributed by atoms with Gasteiger partial charge in [0.15, 0.2) is 0 Å². The summed E-state index contributed by atoms with van der Waals surface area (Å²) in [6, 6.07) is 7.57. The van der Waals surface area contributed by atoms with Gasteiger partial charge in [-0.1, -0.05) is 86.0 Å². The number of halogens is 1. The molecule has 0 saturated heterocycles. The van der Waals surface area contributed by atoms with E-state index in [0.29, 0.717) is 6.61 Å². The van der Waals surface area contributed by atoms with Crippen LogP contribution < -0.4 is 0 Å². The molecule has 1 aromatic carbocycles. The number of carbonyl (C=O) groups is 2. The van der Waals surface area contributed by atoms with E-state index >= 15 is 0 Å². The van der Waals surface area contributed by atoms with E-state index in [1.807, 2.05) is 24.3 Å². The Morgan fingerprint density at radius 1 is 0.846 bits per heavy atom. The maximum absolute atomic E-state index is 11.7. The summed E-state index contributed by atoms with van der Waals surface area (Å²) in [5, 5.41) is 0. The summed E-state index contributed by atoms with van der Waals surface area (Å²) in [5.74, 6) is -0.712. The van der Waals surface area contributed by atoms with Gasteiger partial charge in [0, 0.05) is 10.0 Å². The molecule has 0 aliphatic heterocycles. The molecule has 0 unspecified atom stereocenters. The molecule has 1 aromatic rings. The van der Waals surface area contributed by atoms with Crippen molar-refractivity contribution < 1.29 is 19.1 Å². The zero-order chi connectivity index (χ0) is 19.0. The standard InChI is InChI=1S/C21H31BrO4/c1-2-3-4-5-6-7-8-11-16-25-20(23)14-15-21(24)26-17-18-12-9-10-13-19(18)22/h9-10,12-13H,2-8,11,14-17H2,1H3. The lowest BCUT2D eigenvalue weighted by atomic mass is 10.1. The molecule has 146 valence electrons. The first-order chi connectivity index (χ1) is 12.6. The molecule has 1 rings (SSSR count). The monoisotopic (exact) mass is 426 g/mol. The van der Waals surface area contributed by atoms with Crippen LogP contribution in [0.5, 0.6) is 0 Å². The second-order valence-corrected chi connectivity index (χ2v) is 7.30. The van der Waals surface area contributed by atoms with Crippen LogP contribution in [0.3, 0.4) is 0 Å². The Morgan fingerprint density at radius 2 is 1.42 bits per heavy atom. The van der Waals surface area contributed by atoms with Gasteiger partial charge in [-0.3, -0.25) is 9.59 Å². The third-order valence-electron chi connectivity index (χ3n) is 4.14. The van der Waals surface area contributed by atoms with Crippen molar-refractivity contribution in [3.63, 3.8) is 0 Å². The van der Waals surface area contributed by atoms with Crippen molar-refractivity contribution >= 4 is 27.9 Å². The first kappa shape index (κ1) is 22.7. The summed E-state index contributed by atoms with van der Waals surface area (Å²) in [6.07, 6.45) is 9.79. The molecular weight excluding hydrogens is 396 g/mol. The maximum Gasteiger partial charge on any atom is 0.306 e. The highest BCUT2D eigenvalue weighted by molar-refractivity contribution is 9.10. The number of unbranched alkanes of at least 4 members (excludes halogenated alkanes) is 7. The van der Waals surface area contributed by atoms with Crippen molar-refractivity contribution in [1.82, 2.24) is 0 Å². The highest BCUT2D eigenvalue weighted by Crippen LogP contribution is 2.17. The third kappa shape index (κ3) is 11.3. The summed E-state index contributed by atoms with van der Waals surface area (Å²) in [7, 11) is 0. The fourth-order valence-electron chi connectivity index (χ4n) is 2.54. The molecule has 0 aliphatic carbocycles. The largest absolute Gasteiger partial charge is 0.466 e. The second-order valence-electron chi connectivity index (χ2n) is 6.45. The first-order valence-electron chi connectivity index (χ1n) is 9.68. The van der Waals surface area contributed by atoms with Crippen LogP contribution in [0.2, 0.25) is 0 Å². The van der Waals surface area contributed by atoms with Gasteiger partial charge >= 0.3 is 11.9 Å². The average Bonchev–Trinajstić information content (AvgIpc) is 2.64. The number of hydrogen-bond donors (Lipinski definition) is 0. The normalized spacial score (nSPS) is 10.5. The van der Waals surface area contributed by atoms with Crippen LogP contribution >= 0.6 is 15.9 Å². The van der Waals surface area contributed by atoms with Gasteiger partial charge in [0.25, 0.3) is 0 Å². The van der Waals surface area contributed by atoms with E-state index in [-0.39, 0.29) is 31.4 Å². The Bertz CT molecular complexity index is 530. The lowest BCUT2D eigenvalue weighted by Crippen LogP contribution is -2.11. The minimum Gasteiger partial charge on any atom is -0.466 e. The molecule has 5 heteroatoms. The SMILES string of the molecule is CCCCCCCCCCOC(=O)CCC(=O)OCc1ccccc1Br. The molecule has 26 heavy (non-hydrogen) atoms. The van der Waals surface area contributed by atoms with E-state index in [4.69, 9.17) is 9.47 Å². The van der Waals surface area contributed by atoms with Crippen molar-refractivity contribution in [1.29, 1.82) is 0 Å². The summed E-state index contributed by atoms with van der Waals surface area (Å²) in [6.45, 7) is 2.86. The molecule has 0 amide bonds. The summed E-state index contributed by atoms with van der Waals surface area (Å²) >= 11 is 3.40. The Morgan fingerprint density at radius 3 is 2.08 bits per heavy atom. The predicted octanol–water partition coefficient (Wildman–Crippen LogP) is 5.96. The van der Waals surface area contributed by atoms with Crippen LogP contribution in [0.4, 0.5) is 0 Å². The van der Waals surface area contributed by atoms with Crippen LogP contribution in [0.1, 0.15) is 76.7 Å². The van der Waals surface area contributed by atoms with Crippen molar-refractivity contribution in [3.05, 3.63) is 34.3 Å². The van der Waals surface area contributed by atoms with Crippen LogP contribution in [-0.2, 0) is 25.7 Å². The minimum absolute atomic E-state index is 0.0563. The van der Waals surface area contributed by atoms with Gasteiger partial charge in [-0.15, -0.1) is 0 Å². The molecule has 0 aliphatic rings. The van der Waals surface area contributed by atoms with Gasteiger partial charge in [0.1, 0.15) is 6.61 Å². The number of benzene rings is 1. The fraction of sp³-hybridized carbons (Fsp3) is 0.619. The molecular formula is C21H31BrO4. The summed E-state index contributed by atoms with van der Waals surface area (Å²) in [4.78, 5) is 23.4. The van der Waals surface area contributed by atoms with E-state index in [0.717, 1.165) is 22.9 Å². The van der Waals surface area contributed by atoms with Crippen LogP contribution in [0.25, 0.3) is 0 Å². The number of hydrogen-bond acceptors (Lipinski definition) is 4. The Hall–Kier alpha value is -1.36. The average molecular weight is 427 g/mol. The van der Waals surface area contributed by atoms with Gasteiger partial charge in [-0.05, 0) is 12.5 Å². The molecule has 0 radical (unpaired) electrons. The van der Waals surface area contributed by atoms with Crippen molar-refractivity contribution in [3.8, 4) is 0 Å². The fourth-order valence-corrected chi connectivity index (χ4v) is 2.94. The van der Waals surface area contributed by atoms with Gasteiger partial charge in [0.05, 0.1) is 19.4 Å². The number of ether oxygens (including phenoxy) is 2. The van der Waals surface area contributed by atoms with Crippen molar-refractivity contribution in [2.45, 2.75) is 77.7 Å². The van der Waals surface area contributed by atoms with Crippen molar-refractivity contribution in [2.24, 2.45) is 0 Å². The zero-order valence-corrected chi connectivity index (χ0v) is 17.4. The van der Waals surface area contributed by atoms with E-state index < -0.39 is 0 Å². The Kier molecular flexibility index (Phi) is 12.9. The summed E-state index contributed by atoms with van der Waals surface area (Å²) < 4.78 is 11.2. The number of carbonyl (C=O) groups excluding carboxylic acids is 2. The zero-order valence-electron chi connectivity index (χ0n) is 15.8. The van der Waals surface area contributed by atoms with E-state index in [1.54, 1.807) is 0 Å². The van der Waals surface area contributed by atoms with Gasteiger partial charge in [-0.2, -0.15) is 0 Å². The van der Waals surface area contributed by atoms with Gasteiger partial charge < -0.3 is 9.47 Å². The van der Waals surface area contributed by atoms with E-state index in [9.17, 15) is 9.59 Å². The molecule has 0 atom stereocenters.